The van der Waals surface area contributed by atoms with E-state index in [0.717, 1.165) is 12.3 Å². The standard InChI is InChI=1S/C8H16N2OS.C4H4S/c1-6-4-12-7(2)3-10(5-9)8(6)11;1-2-4-5-3-1/h6-7H,3-5,9H2,1-2H3;1-4H. The summed E-state index contributed by atoms with van der Waals surface area (Å²) in [5.74, 6) is 1.26. The van der Waals surface area contributed by atoms with Gasteiger partial charge in [-0.1, -0.05) is 26.0 Å². The molecule has 5 heteroatoms. The van der Waals surface area contributed by atoms with Crippen LogP contribution in [0.5, 0.6) is 0 Å². The van der Waals surface area contributed by atoms with E-state index in [9.17, 15) is 4.79 Å². The third-order valence-electron chi connectivity index (χ3n) is 2.49. The molecule has 1 fully saturated rings. The van der Waals surface area contributed by atoms with E-state index in [1.807, 2.05) is 41.6 Å². The maximum atomic E-state index is 11.6. The van der Waals surface area contributed by atoms with Gasteiger partial charge < -0.3 is 10.6 Å². The van der Waals surface area contributed by atoms with Gasteiger partial charge in [-0.3, -0.25) is 4.79 Å². The fourth-order valence-electron chi connectivity index (χ4n) is 1.54. The average Bonchev–Trinajstić information content (AvgIpc) is 2.87. The van der Waals surface area contributed by atoms with Crippen LogP contribution in [0.2, 0.25) is 0 Å². The minimum Gasteiger partial charge on any atom is -0.329 e. The summed E-state index contributed by atoms with van der Waals surface area (Å²) in [5.41, 5.74) is 5.48. The number of thioether (sulfide) groups is 1. The molecule has 0 radical (unpaired) electrons. The molecule has 2 atom stereocenters. The molecule has 3 nitrogen and oxygen atoms in total. The summed E-state index contributed by atoms with van der Waals surface area (Å²) in [5, 5.41) is 4.60. The Morgan fingerprint density at radius 1 is 1.41 bits per heavy atom. The van der Waals surface area contributed by atoms with E-state index in [0.29, 0.717) is 11.9 Å². The van der Waals surface area contributed by atoms with Gasteiger partial charge in [0.2, 0.25) is 5.91 Å². The molecule has 2 unspecified atom stereocenters. The van der Waals surface area contributed by atoms with E-state index in [-0.39, 0.29) is 11.8 Å². The number of hydrogen-bond donors (Lipinski definition) is 1. The predicted octanol–water partition coefficient (Wildman–Crippen LogP) is 2.25. The molecular weight excluding hydrogens is 252 g/mol. The van der Waals surface area contributed by atoms with Gasteiger partial charge in [0.05, 0.1) is 6.67 Å². The quantitative estimate of drug-likeness (QED) is 0.853. The summed E-state index contributed by atoms with van der Waals surface area (Å²) in [4.78, 5) is 13.3. The number of thiophene rings is 1. The van der Waals surface area contributed by atoms with Gasteiger partial charge in [0.25, 0.3) is 0 Å². The Labute approximate surface area is 111 Å². The van der Waals surface area contributed by atoms with E-state index in [4.69, 9.17) is 5.73 Å². The smallest absolute Gasteiger partial charge is 0.227 e. The Balaban J connectivity index is 0.000000239. The second kappa shape index (κ2) is 7.74. The molecule has 1 aromatic heterocycles. The van der Waals surface area contributed by atoms with Gasteiger partial charge >= 0.3 is 0 Å². The van der Waals surface area contributed by atoms with Crippen molar-refractivity contribution in [1.29, 1.82) is 0 Å². The number of nitrogens with two attached hydrogens (primary N) is 1. The average molecular weight is 272 g/mol. The number of amides is 1. The topological polar surface area (TPSA) is 46.3 Å². The van der Waals surface area contributed by atoms with Gasteiger partial charge in [0, 0.05) is 23.5 Å². The van der Waals surface area contributed by atoms with E-state index < -0.39 is 0 Å². The van der Waals surface area contributed by atoms with Crippen LogP contribution in [-0.4, -0.2) is 35.0 Å². The van der Waals surface area contributed by atoms with Crippen molar-refractivity contribution in [2.24, 2.45) is 11.7 Å². The van der Waals surface area contributed by atoms with Crippen LogP contribution in [0.4, 0.5) is 0 Å². The van der Waals surface area contributed by atoms with Crippen LogP contribution in [0.15, 0.2) is 22.9 Å². The maximum Gasteiger partial charge on any atom is 0.227 e. The van der Waals surface area contributed by atoms with Gasteiger partial charge in [0.15, 0.2) is 0 Å². The predicted molar refractivity (Wildman–Crippen MR) is 76.2 cm³/mol. The van der Waals surface area contributed by atoms with Crippen LogP contribution in [0, 0.1) is 5.92 Å². The van der Waals surface area contributed by atoms with Crippen molar-refractivity contribution < 1.29 is 4.79 Å². The summed E-state index contributed by atoms with van der Waals surface area (Å²) < 4.78 is 0. The van der Waals surface area contributed by atoms with E-state index in [1.165, 1.54) is 0 Å². The van der Waals surface area contributed by atoms with Crippen LogP contribution < -0.4 is 5.73 Å². The van der Waals surface area contributed by atoms with Crippen LogP contribution in [0.25, 0.3) is 0 Å². The molecule has 1 amide bonds. The highest BCUT2D eigenvalue weighted by molar-refractivity contribution is 7.99. The molecule has 1 aliphatic rings. The Kier molecular flexibility index (Phi) is 6.62. The molecule has 2 rings (SSSR count). The van der Waals surface area contributed by atoms with Crippen molar-refractivity contribution in [2.75, 3.05) is 19.0 Å². The zero-order valence-electron chi connectivity index (χ0n) is 10.3. The minimum atomic E-state index is 0.128. The number of rotatable bonds is 1. The first-order valence-corrected chi connectivity index (χ1v) is 7.72. The van der Waals surface area contributed by atoms with Crippen molar-refractivity contribution in [1.82, 2.24) is 4.90 Å². The lowest BCUT2D eigenvalue weighted by atomic mass is 10.2. The third-order valence-corrected chi connectivity index (χ3v) is 4.53. The van der Waals surface area contributed by atoms with Crippen molar-refractivity contribution in [3.8, 4) is 0 Å². The fourth-order valence-corrected chi connectivity index (χ4v) is 3.03. The first-order valence-electron chi connectivity index (χ1n) is 5.72. The van der Waals surface area contributed by atoms with Crippen molar-refractivity contribution in [2.45, 2.75) is 19.1 Å². The summed E-state index contributed by atoms with van der Waals surface area (Å²) in [7, 11) is 0. The van der Waals surface area contributed by atoms with Gasteiger partial charge in [-0.2, -0.15) is 23.1 Å². The molecule has 0 saturated carbocycles. The lowest BCUT2D eigenvalue weighted by molar-refractivity contribution is -0.133. The lowest BCUT2D eigenvalue weighted by Gasteiger charge is -2.21. The fraction of sp³-hybridized carbons (Fsp3) is 0.583. The van der Waals surface area contributed by atoms with Gasteiger partial charge in [-0.05, 0) is 10.8 Å². The molecule has 0 spiro atoms. The first-order chi connectivity index (χ1) is 8.15. The van der Waals surface area contributed by atoms with Crippen molar-refractivity contribution >= 4 is 29.0 Å². The Hall–Kier alpha value is -0.520. The zero-order valence-corrected chi connectivity index (χ0v) is 12.0. The normalized spacial score (nSPS) is 24.9. The molecule has 1 aromatic rings. The number of nitrogens with zero attached hydrogens (tertiary/aromatic N) is 1. The Morgan fingerprint density at radius 2 is 2.06 bits per heavy atom. The van der Waals surface area contributed by atoms with Gasteiger partial charge in [0.1, 0.15) is 0 Å². The third kappa shape index (κ3) is 5.10. The second-order valence-corrected chi connectivity index (χ2v) is 6.37. The monoisotopic (exact) mass is 272 g/mol. The minimum absolute atomic E-state index is 0.128. The molecule has 17 heavy (non-hydrogen) atoms. The van der Waals surface area contributed by atoms with E-state index >= 15 is 0 Å². The molecule has 0 aromatic carbocycles. The number of carbonyl (C=O) groups is 1. The summed E-state index contributed by atoms with van der Waals surface area (Å²) >= 11 is 3.56. The van der Waals surface area contributed by atoms with Gasteiger partial charge in [-0.25, -0.2) is 0 Å². The van der Waals surface area contributed by atoms with Crippen LogP contribution in [-0.2, 0) is 4.79 Å². The molecular formula is C12H20N2OS2. The van der Waals surface area contributed by atoms with Gasteiger partial charge in [-0.15, -0.1) is 0 Å². The molecule has 1 saturated heterocycles. The zero-order chi connectivity index (χ0) is 12.7. The molecule has 2 N–H and O–H groups in total. The molecule has 0 aliphatic carbocycles. The maximum absolute atomic E-state index is 11.6. The number of carbonyl (C=O) groups excluding carboxylic acids is 1. The molecule has 1 aliphatic heterocycles. The van der Waals surface area contributed by atoms with E-state index in [2.05, 4.69) is 6.92 Å². The SMILES string of the molecule is CC1CN(CN)C(=O)C(C)CS1.c1ccsc1. The van der Waals surface area contributed by atoms with Crippen LogP contribution in [0.1, 0.15) is 13.8 Å². The Bertz CT molecular complexity index is 299. The first kappa shape index (κ1) is 14.5. The Morgan fingerprint density at radius 3 is 2.53 bits per heavy atom. The number of hydrogen-bond acceptors (Lipinski definition) is 4. The van der Waals surface area contributed by atoms with E-state index in [1.54, 1.807) is 16.2 Å². The highest BCUT2D eigenvalue weighted by atomic mass is 32.2. The van der Waals surface area contributed by atoms with Crippen LogP contribution in [0.3, 0.4) is 0 Å². The lowest BCUT2D eigenvalue weighted by Crippen LogP contribution is -2.40. The highest BCUT2D eigenvalue weighted by Gasteiger charge is 2.25. The molecule has 0 bridgehead atoms. The van der Waals surface area contributed by atoms with Crippen molar-refractivity contribution in [3.05, 3.63) is 22.9 Å². The van der Waals surface area contributed by atoms with Crippen molar-refractivity contribution in [3.63, 3.8) is 0 Å². The molecule has 2 heterocycles. The highest BCUT2D eigenvalue weighted by Crippen LogP contribution is 2.21. The summed E-state index contributed by atoms with van der Waals surface area (Å²) in [6.07, 6.45) is 0. The summed E-state index contributed by atoms with van der Waals surface area (Å²) in [6.45, 7) is 5.26. The second-order valence-electron chi connectivity index (χ2n) is 4.08. The largest absolute Gasteiger partial charge is 0.329 e. The summed E-state index contributed by atoms with van der Waals surface area (Å²) in [6, 6.07) is 4.04. The van der Waals surface area contributed by atoms with Crippen LogP contribution >= 0.6 is 23.1 Å². The molecule has 96 valence electrons.